The maximum Gasteiger partial charge on any atom is 0.0486 e. The zero-order valence-electron chi connectivity index (χ0n) is 6.45. The first-order chi connectivity index (χ1) is 4.83. The highest BCUT2D eigenvalue weighted by molar-refractivity contribution is 8.93. The molecule has 0 radical (unpaired) electrons. The highest BCUT2D eigenvalue weighted by Crippen LogP contribution is 1.99. The van der Waals surface area contributed by atoms with Gasteiger partial charge in [-0.05, 0) is 24.6 Å². The minimum Gasteiger partial charge on any atom is -0.396 e. The summed E-state index contributed by atoms with van der Waals surface area (Å²) >= 11 is 0. The van der Waals surface area contributed by atoms with Gasteiger partial charge in [-0.2, -0.15) is 0 Å². The molecule has 0 aliphatic rings. The van der Waals surface area contributed by atoms with E-state index in [1.54, 1.807) is 6.20 Å². The predicted octanol–water partition coefficient (Wildman–Crippen LogP) is 1.50. The molecule has 1 rings (SSSR count). The van der Waals surface area contributed by atoms with Crippen LogP contribution in [-0.4, -0.2) is 16.7 Å². The second-order valence-corrected chi connectivity index (χ2v) is 2.30. The van der Waals surface area contributed by atoms with Crippen molar-refractivity contribution in [1.82, 2.24) is 4.98 Å². The third kappa shape index (κ3) is 3.49. The zero-order chi connectivity index (χ0) is 7.40. The van der Waals surface area contributed by atoms with E-state index in [-0.39, 0.29) is 23.6 Å². The molecular formula is C8H12BrNO. The summed E-state index contributed by atoms with van der Waals surface area (Å²) in [5.41, 5.74) is 2.15. The molecule has 0 aromatic carbocycles. The highest BCUT2D eigenvalue weighted by atomic mass is 79.9. The Morgan fingerprint density at radius 1 is 1.55 bits per heavy atom. The first-order valence-electron chi connectivity index (χ1n) is 3.35. The number of aryl methyl sites for hydroxylation is 1. The normalized spacial score (nSPS) is 8.91. The quantitative estimate of drug-likeness (QED) is 0.815. The molecule has 0 unspecified atom stereocenters. The van der Waals surface area contributed by atoms with Crippen molar-refractivity contribution in [1.29, 1.82) is 0 Å². The van der Waals surface area contributed by atoms with E-state index in [4.69, 9.17) is 5.11 Å². The van der Waals surface area contributed by atoms with Crippen LogP contribution >= 0.6 is 17.0 Å². The van der Waals surface area contributed by atoms with Gasteiger partial charge < -0.3 is 5.11 Å². The van der Waals surface area contributed by atoms with Gasteiger partial charge in [-0.1, -0.05) is 0 Å². The van der Waals surface area contributed by atoms with E-state index < -0.39 is 0 Å². The van der Waals surface area contributed by atoms with Crippen molar-refractivity contribution in [2.45, 2.75) is 13.3 Å². The Balaban J connectivity index is 0.000001000. The molecule has 0 spiro atoms. The van der Waals surface area contributed by atoms with Crippen molar-refractivity contribution < 1.29 is 5.11 Å². The lowest BCUT2D eigenvalue weighted by atomic mass is 10.2. The maximum atomic E-state index is 8.57. The molecule has 62 valence electrons. The fourth-order valence-corrected chi connectivity index (χ4v) is 0.850. The minimum atomic E-state index is 0. The van der Waals surface area contributed by atoms with E-state index in [0.717, 1.165) is 5.69 Å². The number of pyridine rings is 1. The molecule has 0 saturated heterocycles. The first-order valence-corrected chi connectivity index (χ1v) is 3.35. The van der Waals surface area contributed by atoms with Crippen LogP contribution in [0.4, 0.5) is 0 Å². The number of hydrogen-bond donors (Lipinski definition) is 1. The smallest absolute Gasteiger partial charge is 0.0486 e. The van der Waals surface area contributed by atoms with Crippen molar-refractivity contribution in [3.63, 3.8) is 0 Å². The van der Waals surface area contributed by atoms with Crippen LogP contribution in [0, 0.1) is 6.92 Å². The average molecular weight is 218 g/mol. The number of nitrogens with zero attached hydrogens (tertiary/aromatic N) is 1. The van der Waals surface area contributed by atoms with Gasteiger partial charge in [-0.15, -0.1) is 17.0 Å². The SMILES string of the molecule is Br.Cc1ccnc(CCO)c1. The van der Waals surface area contributed by atoms with Crippen LogP contribution in [0.5, 0.6) is 0 Å². The van der Waals surface area contributed by atoms with Gasteiger partial charge >= 0.3 is 0 Å². The summed E-state index contributed by atoms with van der Waals surface area (Å²) in [4.78, 5) is 4.07. The van der Waals surface area contributed by atoms with Crippen LogP contribution < -0.4 is 0 Å². The summed E-state index contributed by atoms with van der Waals surface area (Å²) in [6, 6.07) is 3.93. The lowest BCUT2D eigenvalue weighted by Crippen LogP contribution is -1.93. The summed E-state index contributed by atoms with van der Waals surface area (Å²) in [6.45, 7) is 2.19. The minimum absolute atomic E-state index is 0. The van der Waals surface area contributed by atoms with Crippen molar-refractivity contribution in [2.24, 2.45) is 0 Å². The maximum absolute atomic E-state index is 8.57. The lowest BCUT2D eigenvalue weighted by molar-refractivity contribution is 0.298. The fraction of sp³-hybridized carbons (Fsp3) is 0.375. The molecule has 11 heavy (non-hydrogen) atoms. The standard InChI is InChI=1S/C8H11NO.BrH/c1-7-2-4-9-8(6-7)3-5-10;/h2,4,6,10H,3,5H2,1H3;1H. The van der Waals surface area contributed by atoms with E-state index in [9.17, 15) is 0 Å². The van der Waals surface area contributed by atoms with Crippen LogP contribution in [0.15, 0.2) is 18.3 Å². The Morgan fingerprint density at radius 2 is 2.27 bits per heavy atom. The van der Waals surface area contributed by atoms with Gasteiger partial charge in [0.25, 0.3) is 0 Å². The second-order valence-electron chi connectivity index (χ2n) is 2.30. The molecule has 0 aliphatic heterocycles. The molecule has 1 aromatic heterocycles. The van der Waals surface area contributed by atoms with Gasteiger partial charge in [-0.25, -0.2) is 0 Å². The van der Waals surface area contributed by atoms with Crippen LogP contribution in [0.25, 0.3) is 0 Å². The van der Waals surface area contributed by atoms with Gasteiger partial charge in [0.15, 0.2) is 0 Å². The Hall–Kier alpha value is -0.410. The summed E-state index contributed by atoms with van der Waals surface area (Å²) in [7, 11) is 0. The molecule has 1 heterocycles. The first kappa shape index (κ1) is 10.6. The number of hydrogen-bond acceptors (Lipinski definition) is 2. The predicted molar refractivity (Wildman–Crippen MR) is 50.1 cm³/mol. The molecule has 1 aromatic rings. The summed E-state index contributed by atoms with van der Waals surface area (Å²) in [5.74, 6) is 0. The fourth-order valence-electron chi connectivity index (χ4n) is 0.850. The molecular weight excluding hydrogens is 206 g/mol. The number of rotatable bonds is 2. The Morgan fingerprint density at radius 3 is 2.82 bits per heavy atom. The van der Waals surface area contributed by atoms with Crippen molar-refractivity contribution in [2.75, 3.05) is 6.61 Å². The largest absolute Gasteiger partial charge is 0.396 e. The van der Waals surface area contributed by atoms with E-state index >= 15 is 0 Å². The molecule has 0 fully saturated rings. The van der Waals surface area contributed by atoms with Crippen LogP contribution in [-0.2, 0) is 6.42 Å². The van der Waals surface area contributed by atoms with Crippen molar-refractivity contribution in [3.8, 4) is 0 Å². The number of aromatic nitrogens is 1. The molecule has 0 saturated carbocycles. The number of aliphatic hydroxyl groups is 1. The highest BCUT2D eigenvalue weighted by Gasteiger charge is 1.91. The molecule has 0 atom stereocenters. The van der Waals surface area contributed by atoms with Gasteiger partial charge in [0, 0.05) is 24.9 Å². The van der Waals surface area contributed by atoms with Gasteiger partial charge in [0.05, 0.1) is 0 Å². The van der Waals surface area contributed by atoms with Gasteiger partial charge in [0.1, 0.15) is 0 Å². The van der Waals surface area contributed by atoms with Crippen LogP contribution in [0.1, 0.15) is 11.3 Å². The van der Waals surface area contributed by atoms with E-state index in [1.165, 1.54) is 5.56 Å². The van der Waals surface area contributed by atoms with E-state index in [2.05, 4.69) is 4.98 Å². The van der Waals surface area contributed by atoms with Crippen molar-refractivity contribution >= 4 is 17.0 Å². The van der Waals surface area contributed by atoms with Crippen LogP contribution in [0.3, 0.4) is 0 Å². The Bertz CT molecular complexity index is 215. The molecule has 2 nitrogen and oxygen atoms in total. The topological polar surface area (TPSA) is 33.1 Å². The van der Waals surface area contributed by atoms with Gasteiger partial charge in [0.2, 0.25) is 0 Å². The average Bonchev–Trinajstić information content (AvgIpc) is 1.88. The Kier molecular flexibility index (Phi) is 5.07. The third-order valence-electron chi connectivity index (χ3n) is 1.34. The summed E-state index contributed by atoms with van der Waals surface area (Å²) in [6.07, 6.45) is 2.42. The van der Waals surface area contributed by atoms with E-state index in [0.29, 0.717) is 6.42 Å². The molecule has 0 amide bonds. The van der Waals surface area contributed by atoms with E-state index in [1.807, 2.05) is 19.1 Å². The summed E-state index contributed by atoms with van der Waals surface area (Å²) < 4.78 is 0. The molecule has 3 heteroatoms. The second kappa shape index (κ2) is 5.27. The number of aliphatic hydroxyl groups excluding tert-OH is 1. The summed E-state index contributed by atoms with van der Waals surface area (Å²) in [5, 5.41) is 8.57. The van der Waals surface area contributed by atoms with Crippen LogP contribution in [0.2, 0.25) is 0 Å². The third-order valence-corrected chi connectivity index (χ3v) is 1.34. The Labute approximate surface area is 77.1 Å². The molecule has 1 N–H and O–H groups in total. The molecule has 0 aliphatic carbocycles. The lowest BCUT2D eigenvalue weighted by Gasteiger charge is -1.96. The molecule has 0 bridgehead atoms. The zero-order valence-corrected chi connectivity index (χ0v) is 8.16. The van der Waals surface area contributed by atoms with Gasteiger partial charge in [-0.3, -0.25) is 4.98 Å². The number of halogens is 1. The van der Waals surface area contributed by atoms with Crippen molar-refractivity contribution in [3.05, 3.63) is 29.6 Å². The monoisotopic (exact) mass is 217 g/mol.